The lowest BCUT2D eigenvalue weighted by Gasteiger charge is -2.36. The lowest BCUT2D eigenvalue weighted by molar-refractivity contribution is 0.0224. The number of carbonyl (C=O) groups excluding carboxylic acids is 1. The maximum atomic E-state index is 12.9. The molecule has 5 rings (SSSR count). The Morgan fingerprint density at radius 3 is 1.76 bits per heavy atom. The number of fused-ring (bicyclic) bond motifs is 6. The second-order valence-corrected chi connectivity index (χ2v) is 10.2. The fourth-order valence-electron chi connectivity index (χ4n) is 4.01. The average Bonchev–Trinajstić information content (AvgIpc) is 2.98. The first-order chi connectivity index (χ1) is 15.9. The van der Waals surface area contributed by atoms with Gasteiger partial charge in [-0.1, -0.05) is 22.0 Å². The van der Waals surface area contributed by atoms with Crippen LogP contribution in [0.1, 0.15) is 27.0 Å². The van der Waals surface area contributed by atoms with Crippen LogP contribution in [0.3, 0.4) is 0 Å². The Hall–Kier alpha value is -3.17. The highest BCUT2D eigenvalue weighted by atomic mass is 79.9. The molecular formula is C20H11BrO11S2. The van der Waals surface area contributed by atoms with Crippen LogP contribution in [0.4, 0.5) is 0 Å². The van der Waals surface area contributed by atoms with Gasteiger partial charge in [-0.3, -0.25) is 9.11 Å². The number of hydrogen-bond donors (Lipinski definition) is 2. The maximum absolute atomic E-state index is 12.9. The molecular weight excluding hydrogens is 560 g/mol. The van der Waals surface area contributed by atoms with Gasteiger partial charge in [0.1, 0.15) is 23.0 Å². The van der Waals surface area contributed by atoms with Gasteiger partial charge >= 0.3 is 26.8 Å². The molecule has 0 unspecified atom stereocenters. The standard InChI is InChI=1S/C20H11BrO11S2/c21-10-1-4-14-13(7-10)19(22)30-20(14)15-5-2-11(31-33(23,24)25)8-17(15)29-18-9-12(3-6-16(18)20)32-34(26,27)28/h1-9H,(H,23,24,25)(H,26,27,28). The molecule has 0 aliphatic carbocycles. The summed E-state index contributed by atoms with van der Waals surface area (Å²) in [5.41, 5.74) is -0.243. The topological polar surface area (TPSA) is 163 Å². The number of hydrogen-bond acceptors (Lipinski definition) is 9. The van der Waals surface area contributed by atoms with E-state index in [1.807, 2.05) is 0 Å². The number of halogens is 1. The van der Waals surface area contributed by atoms with E-state index in [2.05, 4.69) is 24.3 Å². The van der Waals surface area contributed by atoms with Gasteiger partial charge in [-0.05, 0) is 36.4 Å². The number of rotatable bonds is 4. The summed E-state index contributed by atoms with van der Waals surface area (Å²) in [4.78, 5) is 12.9. The second-order valence-electron chi connectivity index (χ2n) is 7.20. The van der Waals surface area contributed by atoms with Crippen molar-refractivity contribution in [2.75, 3.05) is 0 Å². The molecule has 2 N–H and O–H groups in total. The molecule has 34 heavy (non-hydrogen) atoms. The molecule has 1 spiro atoms. The van der Waals surface area contributed by atoms with E-state index in [0.29, 0.717) is 21.2 Å². The first-order valence-electron chi connectivity index (χ1n) is 9.20. The number of esters is 1. The van der Waals surface area contributed by atoms with Crippen LogP contribution in [0.25, 0.3) is 0 Å². The van der Waals surface area contributed by atoms with E-state index in [9.17, 15) is 21.6 Å². The predicted octanol–water partition coefficient (Wildman–Crippen LogP) is 3.38. The largest absolute Gasteiger partial charge is 0.456 e. The summed E-state index contributed by atoms with van der Waals surface area (Å²) in [7, 11) is -9.68. The zero-order valence-electron chi connectivity index (χ0n) is 16.5. The highest BCUT2D eigenvalue weighted by Gasteiger charge is 2.53. The van der Waals surface area contributed by atoms with Gasteiger partial charge in [0.05, 0.1) is 5.56 Å². The minimum absolute atomic E-state index is 0.0128. The summed E-state index contributed by atoms with van der Waals surface area (Å²) in [6.07, 6.45) is 0. The SMILES string of the molecule is O=C1OC2(c3ccc(OS(=O)(=O)O)cc3Oc3cc(OS(=O)(=O)O)ccc32)c2ccc(Br)cc21. The normalized spacial score (nSPS) is 15.6. The summed E-state index contributed by atoms with van der Waals surface area (Å²) in [6.45, 7) is 0. The molecule has 176 valence electrons. The van der Waals surface area contributed by atoms with Crippen LogP contribution in [0.15, 0.2) is 59.1 Å². The summed E-state index contributed by atoms with van der Waals surface area (Å²) in [5.74, 6) is -1.27. The van der Waals surface area contributed by atoms with Gasteiger partial charge in [0, 0.05) is 33.3 Å². The molecule has 0 aromatic heterocycles. The zero-order chi connectivity index (χ0) is 24.5. The molecule has 2 aliphatic heterocycles. The molecule has 0 amide bonds. The smallest absolute Gasteiger partial charge is 0.446 e. The van der Waals surface area contributed by atoms with Gasteiger partial charge in [-0.25, -0.2) is 4.79 Å². The highest BCUT2D eigenvalue weighted by Crippen LogP contribution is 2.57. The van der Waals surface area contributed by atoms with Crippen LogP contribution in [-0.4, -0.2) is 31.9 Å². The summed E-state index contributed by atoms with van der Waals surface area (Å²) < 4.78 is 84.0. The van der Waals surface area contributed by atoms with Crippen molar-refractivity contribution in [1.29, 1.82) is 0 Å². The second kappa shape index (κ2) is 7.41. The molecule has 0 bridgehead atoms. The molecule has 0 radical (unpaired) electrons. The molecule has 2 aliphatic rings. The van der Waals surface area contributed by atoms with E-state index in [1.54, 1.807) is 18.2 Å². The Kier molecular flexibility index (Phi) is 4.93. The average molecular weight is 571 g/mol. The van der Waals surface area contributed by atoms with E-state index < -0.39 is 32.4 Å². The van der Waals surface area contributed by atoms with Crippen molar-refractivity contribution < 1.29 is 48.6 Å². The Morgan fingerprint density at radius 1 is 0.765 bits per heavy atom. The molecule has 0 atom stereocenters. The van der Waals surface area contributed by atoms with Crippen LogP contribution in [0, 0.1) is 0 Å². The van der Waals surface area contributed by atoms with E-state index >= 15 is 0 Å². The lowest BCUT2D eigenvalue weighted by atomic mass is 9.77. The quantitative estimate of drug-likeness (QED) is 0.349. The van der Waals surface area contributed by atoms with Crippen LogP contribution in [0.2, 0.25) is 0 Å². The Balaban J connectivity index is 1.77. The third-order valence-corrected chi connectivity index (χ3v) is 6.41. The number of carbonyl (C=O) groups is 1. The van der Waals surface area contributed by atoms with Crippen molar-refractivity contribution >= 4 is 42.7 Å². The summed E-state index contributed by atoms with van der Waals surface area (Å²) >= 11 is 3.32. The zero-order valence-corrected chi connectivity index (χ0v) is 19.7. The van der Waals surface area contributed by atoms with Crippen molar-refractivity contribution in [3.63, 3.8) is 0 Å². The molecule has 11 nitrogen and oxygen atoms in total. The Labute approximate surface area is 200 Å². The highest BCUT2D eigenvalue weighted by molar-refractivity contribution is 9.10. The van der Waals surface area contributed by atoms with Crippen LogP contribution in [-0.2, 0) is 31.1 Å². The van der Waals surface area contributed by atoms with Gasteiger partial charge in [-0.2, -0.15) is 16.8 Å². The fraction of sp³-hybridized carbons (Fsp3) is 0.0500. The van der Waals surface area contributed by atoms with Gasteiger partial charge in [-0.15, -0.1) is 0 Å². The van der Waals surface area contributed by atoms with Crippen LogP contribution >= 0.6 is 15.9 Å². The van der Waals surface area contributed by atoms with Crippen molar-refractivity contribution in [1.82, 2.24) is 0 Å². The molecule has 14 heteroatoms. The maximum Gasteiger partial charge on any atom is 0.446 e. The third kappa shape index (κ3) is 3.78. The Morgan fingerprint density at radius 2 is 1.26 bits per heavy atom. The number of ether oxygens (including phenoxy) is 2. The van der Waals surface area contributed by atoms with Crippen molar-refractivity contribution in [3.8, 4) is 23.0 Å². The number of benzene rings is 3. The summed E-state index contributed by atoms with van der Waals surface area (Å²) in [5, 5.41) is 0. The van der Waals surface area contributed by atoms with Gasteiger partial charge in [0.15, 0.2) is 5.60 Å². The van der Waals surface area contributed by atoms with E-state index in [1.165, 1.54) is 24.3 Å². The minimum atomic E-state index is -4.84. The molecule has 0 saturated carbocycles. The first kappa shape index (κ1) is 22.6. The molecule has 3 aromatic carbocycles. The predicted molar refractivity (Wildman–Crippen MR) is 117 cm³/mol. The third-order valence-electron chi connectivity index (χ3n) is 5.11. The monoisotopic (exact) mass is 570 g/mol. The van der Waals surface area contributed by atoms with Crippen LogP contribution < -0.4 is 13.1 Å². The lowest BCUT2D eigenvalue weighted by Crippen LogP contribution is -2.33. The van der Waals surface area contributed by atoms with Gasteiger partial charge < -0.3 is 17.8 Å². The van der Waals surface area contributed by atoms with Gasteiger partial charge in [0.25, 0.3) is 0 Å². The van der Waals surface area contributed by atoms with E-state index in [0.717, 1.165) is 12.1 Å². The molecule has 0 saturated heterocycles. The minimum Gasteiger partial charge on any atom is -0.456 e. The molecule has 2 heterocycles. The van der Waals surface area contributed by atoms with Gasteiger partial charge in [0.2, 0.25) is 0 Å². The van der Waals surface area contributed by atoms with Crippen molar-refractivity contribution in [2.24, 2.45) is 0 Å². The molecule has 3 aromatic rings. The van der Waals surface area contributed by atoms with E-state index in [4.69, 9.17) is 18.6 Å². The van der Waals surface area contributed by atoms with Crippen molar-refractivity contribution in [3.05, 3.63) is 81.3 Å². The summed E-state index contributed by atoms with van der Waals surface area (Å²) in [6, 6.07) is 12.5. The first-order valence-corrected chi connectivity index (χ1v) is 12.7. The molecule has 0 fully saturated rings. The van der Waals surface area contributed by atoms with Crippen LogP contribution in [0.5, 0.6) is 23.0 Å². The fourth-order valence-corrected chi connectivity index (χ4v) is 5.06. The Bertz CT molecular complexity index is 1510. The van der Waals surface area contributed by atoms with E-state index in [-0.39, 0.29) is 28.6 Å². The van der Waals surface area contributed by atoms with Crippen molar-refractivity contribution in [2.45, 2.75) is 5.60 Å².